The van der Waals surface area contributed by atoms with Crippen molar-refractivity contribution >= 4 is 12.1 Å². The van der Waals surface area contributed by atoms with Gasteiger partial charge in [0, 0.05) is 56.5 Å². The van der Waals surface area contributed by atoms with Crippen LogP contribution in [0.15, 0.2) is 60.5 Å². The topological polar surface area (TPSA) is 112 Å². The molecule has 6 atom stereocenters. The van der Waals surface area contributed by atoms with Gasteiger partial charge in [-0.15, -0.1) is 0 Å². The number of amides is 1. The van der Waals surface area contributed by atoms with Crippen LogP contribution in [0.1, 0.15) is 97.0 Å². The van der Waals surface area contributed by atoms with Crippen molar-refractivity contribution in [3.8, 4) is 0 Å². The van der Waals surface area contributed by atoms with Gasteiger partial charge in [-0.2, -0.15) is 0 Å². The first kappa shape index (κ1) is 35.8. The van der Waals surface area contributed by atoms with Crippen molar-refractivity contribution < 1.29 is 29.3 Å². The van der Waals surface area contributed by atoms with Crippen LogP contribution in [0.25, 0.3) is 0 Å². The summed E-state index contributed by atoms with van der Waals surface area (Å²) in [5.74, 6) is -0.632. The third-order valence-corrected chi connectivity index (χ3v) is 9.88. The van der Waals surface area contributed by atoms with Gasteiger partial charge < -0.3 is 24.6 Å². The van der Waals surface area contributed by atoms with E-state index in [1.54, 1.807) is 24.1 Å². The van der Waals surface area contributed by atoms with E-state index in [-0.39, 0.29) is 31.1 Å². The number of ether oxygens (including phenoxy) is 2. The number of allylic oxidation sites excluding steroid dienone is 3. The van der Waals surface area contributed by atoms with Crippen LogP contribution in [0.2, 0.25) is 0 Å². The average molecular weight is 638 g/mol. The molecular formula is C37H55N3O6. The highest BCUT2D eigenvalue weighted by Crippen LogP contribution is 2.28. The second-order valence-corrected chi connectivity index (χ2v) is 13.8. The molecule has 1 amide bonds. The number of aliphatic hydroxyl groups is 2. The van der Waals surface area contributed by atoms with Crippen molar-refractivity contribution in [1.82, 2.24) is 14.8 Å². The van der Waals surface area contributed by atoms with Gasteiger partial charge >= 0.3 is 12.1 Å². The number of esters is 1. The fourth-order valence-corrected chi connectivity index (χ4v) is 6.75. The molecular weight excluding hydrogens is 582 g/mol. The minimum Gasteiger partial charge on any atom is -0.457 e. The first-order valence-corrected chi connectivity index (χ1v) is 17.3. The summed E-state index contributed by atoms with van der Waals surface area (Å²) in [6.07, 6.45) is 17.9. The first-order valence-electron chi connectivity index (χ1n) is 17.3. The standard InChI is InChI=1S/C37H55N3O6/c1-27(30-13-10-20-38-26-30)11-9-12-28(2)35-29(3)16-17-33(37(4,44)19-18-32(41)25-34(42)46-35)45-36(43)40-23-21-39(22-24-40)31-14-7-5-6-8-15-31/h9-13,16-17,20,26-27,29,31-33,35,41,44H,5-8,14-15,18-19,21-25H2,1-4H3/b11-9+,17-16-,28-12+/t27-,29+,32-,33+,35-,37-/m1/s1. The summed E-state index contributed by atoms with van der Waals surface area (Å²) in [6, 6.07) is 4.54. The van der Waals surface area contributed by atoms with Crippen LogP contribution in [0.3, 0.4) is 0 Å². The summed E-state index contributed by atoms with van der Waals surface area (Å²) in [5, 5.41) is 22.1. The Hall–Kier alpha value is -3.01. The Morgan fingerprint density at radius 2 is 1.85 bits per heavy atom. The molecule has 0 aromatic carbocycles. The number of rotatable bonds is 6. The molecule has 4 rings (SSSR count). The van der Waals surface area contributed by atoms with Crippen LogP contribution < -0.4 is 0 Å². The number of carbonyl (C=O) groups excluding carboxylic acids is 2. The van der Waals surface area contributed by atoms with Crippen molar-refractivity contribution in [2.45, 2.75) is 121 Å². The molecule has 2 N–H and O–H groups in total. The summed E-state index contributed by atoms with van der Waals surface area (Å²) >= 11 is 0. The molecule has 0 radical (unpaired) electrons. The lowest BCUT2D eigenvalue weighted by Gasteiger charge is -2.40. The molecule has 1 saturated heterocycles. The molecule has 0 unspecified atom stereocenters. The zero-order valence-corrected chi connectivity index (χ0v) is 28.2. The molecule has 1 aromatic heterocycles. The largest absolute Gasteiger partial charge is 0.457 e. The van der Waals surface area contributed by atoms with Gasteiger partial charge in [0.05, 0.1) is 12.5 Å². The highest BCUT2D eigenvalue weighted by Gasteiger charge is 2.37. The van der Waals surface area contributed by atoms with Gasteiger partial charge in [-0.1, -0.05) is 69.9 Å². The fraction of sp³-hybridized carbons (Fsp3) is 0.649. The van der Waals surface area contributed by atoms with Crippen molar-refractivity contribution in [1.29, 1.82) is 0 Å². The van der Waals surface area contributed by atoms with Crippen LogP contribution in [0.5, 0.6) is 0 Å². The van der Waals surface area contributed by atoms with E-state index >= 15 is 0 Å². The molecule has 2 fully saturated rings. The van der Waals surface area contributed by atoms with Gasteiger partial charge in [0.2, 0.25) is 0 Å². The molecule has 3 heterocycles. The van der Waals surface area contributed by atoms with Crippen LogP contribution in [-0.4, -0.2) is 93.2 Å². The number of nitrogens with zero attached hydrogens (tertiary/aromatic N) is 3. The fourth-order valence-electron chi connectivity index (χ4n) is 6.75. The van der Waals surface area contributed by atoms with Crippen LogP contribution in [-0.2, 0) is 14.3 Å². The SMILES string of the molecule is C/C(=C\C=C\[C@@H](C)c1cccnc1)[C@H]1OC(=O)C[C@H](O)CC[C@@](C)(O)[C@@H](OC(=O)N2CCN(C3CCCCCC3)CC2)/C=C\[C@@H]1C. The van der Waals surface area contributed by atoms with E-state index in [0.29, 0.717) is 19.1 Å². The van der Waals surface area contributed by atoms with Gasteiger partial charge in [-0.05, 0) is 62.8 Å². The molecule has 254 valence electrons. The second kappa shape index (κ2) is 17.2. The lowest BCUT2D eigenvalue weighted by Crippen LogP contribution is -2.53. The highest BCUT2D eigenvalue weighted by atomic mass is 16.6. The van der Waals surface area contributed by atoms with E-state index in [9.17, 15) is 19.8 Å². The summed E-state index contributed by atoms with van der Waals surface area (Å²) in [7, 11) is 0. The highest BCUT2D eigenvalue weighted by molar-refractivity contribution is 5.70. The van der Waals surface area contributed by atoms with Gasteiger partial charge in [-0.25, -0.2) is 4.79 Å². The van der Waals surface area contributed by atoms with Crippen LogP contribution >= 0.6 is 0 Å². The smallest absolute Gasteiger partial charge is 0.410 e. The second-order valence-electron chi connectivity index (χ2n) is 13.8. The van der Waals surface area contributed by atoms with Crippen molar-refractivity contribution in [3.63, 3.8) is 0 Å². The molecule has 9 nitrogen and oxygen atoms in total. The molecule has 46 heavy (non-hydrogen) atoms. The molecule has 1 aliphatic carbocycles. The van der Waals surface area contributed by atoms with Crippen molar-refractivity contribution in [2.24, 2.45) is 5.92 Å². The maximum absolute atomic E-state index is 13.4. The predicted octanol–water partition coefficient (Wildman–Crippen LogP) is 5.93. The number of aromatic nitrogens is 1. The van der Waals surface area contributed by atoms with Gasteiger partial charge in [0.15, 0.2) is 6.10 Å². The Balaban J connectivity index is 1.45. The maximum atomic E-state index is 13.4. The first-order chi connectivity index (χ1) is 22.0. The summed E-state index contributed by atoms with van der Waals surface area (Å²) in [6.45, 7) is 10.4. The Labute approximate surface area is 275 Å². The van der Waals surface area contributed by atoms with E-state index in [1.807, 2.05) is 50.4 Å². The van der Waals surface area contributed by atoms with Crippen LogP contribution in [0, 0.1) is 5.92 Å². The number of piperazine rings is 1. The molecule has 9 heteroatoms. The predicted molar refractivity (Wildman–Crippen MR) is 179 cm³/mol. The van der Waals surface area contributed by atoms with E-state index in [1.165, 1.54) is 38.5 Å². The zero-order valence-electron chi connectivity index (χ0n) is 28.2. The number of cyclic esters (lactones) is 1. The minimum absolute atomic E-state index is 0.149. The number of hydrogen-bond acceptors (Lipinski definition) is 8. The zero-order chi connectivity index (χ0) is 33.1. The molecule has 0 spiro atoms. The number of hydrogen-bond donors (Lipinski definition) is 2. The molecule has 3 aliphatic rings. The number of aliphatic hydroxyl groups excluding tert-OH is 1. The van der Waals surface area contributed by atoms with E-state index in [0.717, 1.165) is 24.2 Å². The van der Waals surface area contributed by atoms with E-state index in [4.69, 9.17) is 9.47 Å². The van der Waals surface area contributed by atoms with E-state index in [2.05, 4.69) is 22.9 Å². The maximum Gasteiger partial charge on any atom is 0.410 e. The van der Waals surface area contributed by atoms with Gasteiger partial charge in [0.1, 0.15) is 11.7 Å². The normalized spacial score (nSPS) is 31.3. The quantitative estimate of drug-likeness (QED) is 0.171. The Morgan fingerprint density at radius 3 is 2.52 bits per heavy atom. The molecule has 1 saturated carbocycles. The Morgan fingerprint density at radius 1 is 1.13 bits per heavy atom. The number of pyridine rings is 1. The summed E-state index contributed by atoms with van der Waals surface area (Å²) < 4.78 is 11.9. The Bertz CT molecular complexity index is 1200. The lowest BCUT2D eigenvalue weighted by atomic mass is 9.88. The lowest BCUT2D eigenvalue weighted by molar-refractivity contribution is -0.151. The van der Waals surface area contributed by atoms with Crippen LogP contribution in [0.4, 0.5) is 4.79 Å². The van der Waals surface area contributed by atoms with Gasteiger partial charge in [0.25, 0.3) is 0 Å². The Kier molecular flexibility index (Phi) is 13.4. The summed E-state index contributed by atoms with van der Waals surface area (Å²) in [5.41, 5.74) is 0.490. The van der Waals surface area contributed by atoms with Crippen molar-refractivity contribution in [2.75, 3.05) is 26.2 Å². The third-order valence-electron chi connectivity index (χ3n) is 9.88. The summed E-state index contributed by atoms with van der Waals surface area (Å²) in [4.78, 5) is 34.7. The molecule has 1 aromatic rings. The van der Waals surface area contributed by atoms with Crippen molar-refractivity contribution in [3.05, 3.63) is 66.0 Å². The van der Waals surface area contributed by atoms with Gasteiger partial charge in [-0.3, -0.25) is 14.7 Å². The third kappa shape index (κ3) is 10.5. The average Bonchev–Trinajstić information content (AvgIpc) is 3.34. The molecule has 0 bridgehead atoms. The number of carbonyl (C=O) groups is 2. The minimum atomic E-state index is -1.44. The molecule has 2 aliphatic heterocycles. The monoisotopic (exact) mass is 637 g/mol. The van der Waals surface area contributed by atoms with E-state index < -0.39 is 36.0 Å².